The number of rotatable bonds is 7. The number of benzene rings is 2. The monoisotopic (exact) mass is 449 g/mol. The molecule has 0 bridgehead atoms. The van der Waals surface area contributed by atoms with Crippen LogP contribution in [0.15, 0.2) is 54.1 Å². The third-order valence-corrected chi connectivity index (χ3v) is 6.46. The van der Waals surface area contributed by atoms with E-state index in [2.05, 4.69) is 0 Å². The van der Waals surface area contributed by atoms with Gasteiger partial charge in [0.25, 0.3) is 11.7 Å². The molecule has 0 radical (unpaired) electrons. The predicted octanol–water partition coefficient (Wildman–Crippen LogP) is 5.24. The van der Waals surface area contributed by atoms with Gasteiger partial charge in [0, 0.05) is 11.6 Å². The number of hydrogen-bond donors (Lipinski definition) is 1. The van der Waals surface area contributed by atoms with Crippen molar-refractivity contribution in [3.63, 3.8) is 0 Å². The van der Waals surface area contributed by atoms with Gasteiger partial charge < -0.3 is 19.5 Å². The first kappa shape index (κ1) is 22.9. The maximum Gasteiger partial charge on any atom is 0.295 e. The van der Waals surface area contributed by atoms with Gasteiger partial charge in [0.05, 0.1) is 25.3 Å². The summed E-state index contributed by atoms with van der Waals surface area (Å²) in [4.78, 5) is 28.2. The molecule has 2 aliphatic rings. The molecule has 1 heterocycles. The summed E-state index contributed by atoms with van der Waals surface area (Å²) in [5.41, 5.74) is 1.36. The highest BCUT2D eigenvalue weighted by atomic mass is 16.5. The van der Waals surface area contributed by atoms with Gasteiger partial charge >= 0.3 is 0 Å². The Labute approximate surface area is 194 Å². The van der Waals surface area contributed by atoms with Crippen molar-refractivity contribution in [1.82, 2.24) is 4.90 Å². The number of carbonyl (C=O) groups excluding carboxylic acids is 2. The fraction of sp³-hybridized carbons (Fsp3) is 0.407. The van der Waals surface area contributed by atoms with E-state index >= 15 is 0 Å². The molecule has 174 valence electrons. The Bertz CT molecular complexity index is 1040. The maximum atomic E-state index is 13.3. The quantitative estimate of drug-likeness (QED) is 0.355. The van der Waals surface area contributed by atoms with E-state index in [-0.39, 0.29) is 17.4 Å². The van der Waals surface area contributed by atoms with Gasteiger partial charge in [0.1, 0.15) is 17.3 Å². The molecule has 4 rings (SSSR count). The van der Waals surface area contributed by atoms with Gasteiger partial charge in [-0.1, -0.05) is 38.3 Å². The minimum Gasteiger partial charge on any atom is -0.507 e. The average molecular weight is 450 g/mol. The molecule has 2 aromatic rings. The van der Waals surface area contributed by atoms with Gasteiger partial charge in [-0.25, -0.2) is 0 Å². The van der Waals surface area contributed by atoms with Gasteiger partial charge in [0.2, 0.25) is 0 Å². The smallest absolute Gasteiger partial charge is 0.295 e. The molecule has 1 aliphatic heterocycles. The molecule has 1 amide bonds. The van der Waals surface area contributed by atoms with Crippen molar-refractivity contribution in [3.8, 4) is 11.5 Å². The Morgan fingerprint density at radius 1 is 1.03 bits per heavy atom. The van der Waals surface area contributed by atoms with Crippen molar-refractivity contribution in [2.75, 3.05) is 13.7 Å². The maximum absolute atomic E-state index is 13.3. The molecule has 0 aromatic heterocycles. The Kier molecular flexibility index (Phi) is 7.02. The van der Waals surface area contributed by atoms with E-state index in [1.807, 2.05) is 31.2 Å². The van der Waals surface area contributed by atoms with E-state index in [1.165, 1.54) is 0 Å². The van der Waals surface area contributed by atoms with E-state index < -0.39 is 17.7 Å². The first-order valence-electron chi connectivity index (χ1n) is 11.7. The van der Waals surface area contributed by atoms with Crippen molar-refractivity contribution in [1.29, 1.82) is 0 Å². The number of carbonyl (C=O) groups is 2. The standard InChI is InChI=1S/C27H31NO5/c1-3-16-33-21-14-12-18(13-15-21)25(29)23-24(19-8-7-11-22(17-19)32-2)28(27(31)26(23)30)20-9-5-4-6-10-20/h7-8,11-15,17,20,24,29H,3-6,9-10,16H2,1-2H3/b25-23-. The summed E-state index contributed by atoms with van der Waals surface area (Å²) < 4.78 is 11.0. The molecule has 1 atom stereocenters. The van der Waals surface area contributed by atoms with Crippen molar-refractivity contribution in [2.24, 2.45) is 0 Å². The first-order valence-corrected chi connectivity index (χ1v) is 11.7. The van der Waals surface area contributed by atoms with Crippen LogP contribution in [-0.2, 0) is 9.59 Å². The molecule has 2 fully saturated rings. The molecular formula is C27H31NO5. The van der Waals surface area contributed by atoms with Crippen molar-refractivity contribution < 1.29 is 24.2 Å². The summed E-state index contributed by atoms with van der Waals surface area (Å²) in [5, 5.41) is 11.3. The Morgan fingerprint density at radius 3 is 2.42 bits per heavy atom. The highest BCUT2D eigenvalue weighted by Crippen LogP contribution is 2.43. The van der Waals surface area contributed by atoms with Crippen LogP contribution in [0.4, 0.5) is 0 Å². The van der Waals surface area contributed by atoms with E-state index in [4.69, 9.17) is 9.47 Å². The second kappa shape index (κ2) is 10.1. The third-order valence-electron chi connectivity index (χ3n) is 6.46. The fourth-order valence-corrected chi connectivity index (χ4v) is 4.81. The minimum absolute atomic E-state index is 0.0264. The number of ketones is 1. The lowest BCUT2D eigenvalue weighted by atomic mass is 9.91. The molecule has 6 nitrogen and oxygen atoms in total. The van der Waals surface area contributed by atoms with Gasteiger partial charge in [-0.15, -0.1) is 0 Å². The Balaban J connectivity index is 1.79. The van der Waals surface area contributed by atoms with Crippen molar-refractivity contribution >= 4 is 17.4 Å². The van der Waals surface area contributed by atoms with Gasteiger partial charge in [0.15, 0.2) is 0 Å². The summed E-state index contributed by atoms with van der Waals surface area (Å²) in [6.45, 7) is 2.64. The molecule has 2 aromatic carbocycles. The molecule has 0 spiro atoms. The number of aliphatic hydroxyl groups is 1. The van der Waals surface area contributed by atoms with Crippen molar-refractivity contribution in [3.05, 3.63) is 65.2 Å². The van der Waals surface area contributed by atoms with Crippen LogP contribution in [0.5, 0.6) is 11.5 Å². The number of ether oxygens (including phenoxy) is 2. The zero-order chi connectivity index (χ0) is 23.4. The van der Waals surface area contributed by atoms with E-state index in [1.54, 1.807) is 36.3 Å². The lowest BCUT2D eigenvalue weighted by molar-refractivity contribution is -0.141. The summed E-state index contributed by atoms with van der Waals surface area (Å²) in [5.74, 6) is -0.0162. The first-order chi connectivity index (χ1) is 16.0. The number of nitrogens with zero attached hydrogens (tertiary/aromatic N) is 1. The van der Waals surface area contributed by atoms with Gasteiger partial charge in [-0.3, -0.25) is 9.59 Å². The van der Waals surface area contributed by atoms with E-state index in [0.717, 1.165) is 44.1 Å². The topological polar surface area (TPSA) is 76.1 Å². The van der Waals surface area contributed by atoms with Crippen LogP contribution in [0.2, 0.25) is 0 Å². The highest BCUT2D eigenvalue weighted by molar-refractivity contribution is 6.46. The lowest BCUT2D eigenvalue weighted by Crippen LogP contribution is -2.40. The molecule has 1 N–H and O–H groups in total. The number of aliphatic hydroxyl groups excluding tert-OH is 1. The molecule has 1 aliphatic carbocycles. The summed E-state index contributed by atoms with van der Waals surface area (Å²) >= 11 is 0. The van der Waals surface area contributed by atoms with Crippen LogP contribution in [0.25, 0.3) is 5.76 Å². The zero-order valence-electron chi connectivity index (χ0n) is 19.3. The minimum atomic E-state index is -0.654. The molecule has 1 saturated carbocycles. The molecule has 1 unspecified atom stereocenters. The van der Waals surface area contributed by atoms with Gasteiger partial charge in [-0.05, 0) is 61.2 Å². The normalized spacial score (nSPS) is 20.8. The number of hydrogen-bond acceptors (Lipinski definition) is 5. The SMILES string of the molecule is CCCOc1ccc(/C(O)=C2/C(=O)C(=O)N(C3CCCCC3)C2c2cccc(OC)c2)cc1. The van der Waals surface area contributed by atoms with Crippen molar-refractivity contribution in [2.45, 2.75) is 57.5 Å². The Morgan fingerprint density at radius 2 is 1.76 bits per heavy atom. The zero-order valence-corrected chi connectivity index (χ0v) is 19.3. The summed E-state index contributed by atoms with van der Waals surface area (Å²) in [7, 11) is 1.58. The third kappa shape index (κ3) is 4.61. The summed E-state index contributed by atoms with van der Waals surface area (Å²) in [6.07, 6.45) is 5.80. The van der Waals surface area contributed by atoms with Crippen LogP contribution in [0, 0.1) is 0 Å². The molecule has 1 saturated heterocycles. The lowest BCUT2D eigenvalue weighted by Gasteiger charge is -2.35. The largest absolute Gasteiger partial charge is 0.507 e. The average Bonchev–Trinajstić information content (AvgIpc) is 3.13. The summed E-state index contributed by atoms with van der Waals surface area (Å²) in [6, 6.07) is 13.7. The van der Waals surface area contributed by atoms with Crippen LogP contribution in [-0.4, -0.2) is 41.5 Å². The van der Waals surface area contributed by atoms with Crippen LogP contribution in [0.3, 0.4) is 0 Å². The predicted molar refractivity (Wildman–Crippen MR) is 126 cm³/mol. The number of methoxy groups -OCH3 is 1. The highest BCUT2D eigenvalue weighted by Gasteiger charge is 2.48. The second-order valence-electron chi connectivity index (χ2n) is 8.65. The number of amides is 1. The van der Waals surface area contributed by atoms with E-state index in [0.29, 0.717) is 23.7 Å². The van der Waals surface area contributed by atoms with Crippen LogP contribution in [0.1, 0.15) is 62.6 Å². The van der Waals surface area contributed by atoms with Crippen LogP contribution >= 0.6 is 0 Å². The molecule has 33 heavy (non-hydrogen) atoms. The number of likely N-dealkylation sites (tertiary alicyclic amines) is 1. The molecule has 6 heteroatoms. The Hall–Kier alpha value is -3.28. The fourth-order valence-electron chi connectivity index (χ4n) is 4.81. The van der Waals surface area contributed by atoms with Crippen LogP contribution < -0.4 is 9.47 Å². The van der Waals surface area contributed by atoms with E-state index in [9.17, 15) is 14.7 Å². The van der Waals surface area contributed by atoms with Gasteiger partial charge in [-0.2, -0.15) is 0 Å². The number of Topliss-reactive ketones (excluding diaryl/α,β-unsaturated/α-hetero) is 1. The molecular weight excluding hydrogens is 418 g/mol. The second-order valence-corrected chi connectivity index (χ2v) is 8.65.